The average Bonchev–Trinajstić information content (AvgIpc) is 2.52. The summed E-state index contributed by atoms with van der Waals surface area (Å²) in [6.07, 6.45) is 0.491. The summed E-state index contributed by atoms with van der Waals surface area (Å²) < 4.78 is 0. The van der Waals surface area contributed by atoms with Crippen LogP contribution < -0.4 is 0 Å². The van der Waals surface area contributed by atoms with Gasteiger partial charge in [0.1, 0.15) is 0 Å². The first-order valence-corrected chi connectivity index (χ1v) is 7.60. The van der Waals surface area contributed by atoms with Gasteiger partial charge in [-0.3, -0.25) is 4.79 Å². The number of hydrogen-bond donors (Lipinski definition) is 0. The molecule has 100 valence electrons. The third-order valence-electron chi connectivity index (χ3n) is 2.91. The third-order valence-corrected chi connectivity index (χ3v) is 3.86. The van der Waals surface area contributed by atoms with E-state index in [1.165, 1.54) is 11.8 Å². The average molecular weight is 281 g/mol. The van der Waals surface area contributed by atoms with Crippen LogP contribution in [0.3, 0.4) is 0 Å². The van der Waals surface area contributed by atoms with Gasteiger partial charge in [0.05, 0.1) is 11.8 Å². The van der Waals surface area contributed by atoms with Crippen molar-refractivity contribution in [1.29, 1.82) is 5.26 Å². The molecule has 0 saturated heterocycles. The molecule has 0 aliphatic carbocycles. The minimum Gasteiger partial charge on any atom is -0.293 e. The maximum atomic E-state index is 12.0. The van der Waals surface area contributed by atoms with Crippen LogP contribution in [0.2, 0.25) is 0 Å². The van der Waals surface area contributed by atoms with Crippen molar-refractivity contribution in [3.8, 4) is 17.2 Å². The minimum absolute atomic E-state index is 0.118. The number of rotatable bonds is 6. The summed E-state index contributed by atoms with van der Waals surface area (Å²) in [6, 6.07) is 19.9. The molecule has 2 rings (SSSR count). The summed E-state index contributed by atoms with van der Waals surface area (Å²) in [4.78, 5) is 12.0. The fraction of sp³-hybridized carbons (Fsp3) is 0.176. The quantitative estimate of drug-likeness (QED) is 0.589. The first-order chi connectivity index (χ1) is 9.81. The number of nitriles is 1. The van der Waals surface area contributed by atoms with Gasteiger partial charge in [-0.25, -0.2) is 0 Å². The lowest BCUT2D eigenvalue weighted by atomic mass is 10.0. The maximum Gasteiger partial charge on any atom is 0.172 e. The summed E-state index contributed by atoms with van der Waals surface area (Å²) in [5, 5.41) is 8.44. The van der Waals surface area contributed by atoms with Crippen LogP contribution >= 0.6 is 11.8 Å². The van der Waals surface area contributed by atoms with Gasteiger partial charge in [-0.1, -0.05) is 54.6 Å². The molecule has 0 heterocycles. The topological polar surface area (TPSA) is 40.9 Å². The summed E-state index contributed by atoms with van der Waals surface area (Å²) >= 11 is 1.51. The van der Waals surface area contributed by atoms with Gasteiger partial charge < -0.3 is 0 Å². The van der Waals surface area contributed by atoms with Gasteiger partial charge in [-0.15, -0.1) is 0 Å². The van der Waals surface area contributed by atoms with Crippen molar-refractivity contribution in [1.82, 2.24) is 0 Å². The Morgan fingerprint density at radius 2 is 1.65 bits per heavy atom. The van der Waals surface area contributed by atoms with E-state index in [1.54, 1.807) is 0 Å². The molecule has 3 heteroatoms. The highest BCUT2D eigenvalue weighted by Crippen LogP contribution is 2.19. The largest absolute Gasteiger partial charge is 0.293 e. The van der Waals surface area contributed by atoms with E-state index in [9.17, 15) is 4.79 Å². The second kappa shape index (κ2) is 7.52. The first-order valence-electron chi connectivity index (χ1n) is 6.44. The zero-order chi connectivity index (χ0) is 14.2. The van der Waals surface area contributed by atoms with E-state index in [2.05, 4.69) is 18.2 Å². The third kappa shape index (κ3) is 3.97. The standard InChI is InChI=1S/C17H15NOS/c18-11-4-12-20-13-17(19)16-9-7-15(8-10-16)14-5-2-1-3-6-14/h1-3,5-10H,4,12-13H2. The smallest absolute Gasteiger partial charge is 0.172 e. The lowest BCUT2D eigenvalue weighted by molar-refractivity contribution is 0.102. The maximum absolute atomic E-state index is 12.0. The molecule has 0 aromatic heterocycles. The number of ketones is 1. The molecule has 20 heavy (non-hydrogen) atoms. The molecule has 0 atom stereocenters. The molecule has 0 bridgehead atoms. The number of nitrogens with zero attached hydrogens (tertiary/aromatic N) is 1. The summed E-state index contributed by atoms with van der Waals surface area (Å²) in [5.41, 5.74) is 2.99. The minimum atomic E-state index is 0.118. The second-order valence-electron chi connectivity index (χ2n) is 4.33. The van der Waals surface area contributed by atoms with Crippen molar-refractivity contribution in [2.75, 3.05) is 11.5 Å². The Labute approximate surface area is 123 Å². The van der Waals surface area contributed by atoms with Crippen LogP contribution in [0, 0.1) is 11.3 Å². The van der Waals surface area contributed by atoms with E-state index in [0.717, 1.165) is 16.7 Å². The number of carbonyl (C=O) groups is 1. The van der Waals surface area contributed by atoms with Crippen molar-refractivity contribution in [3.05, 3.63) is 60.2 Å². The molecular formula is C17H15NOS. The van der Waals surface area contributed by atoms with Crippen LogP contribution in [0.15, 0.2) is 54.6 Å². The zero-order valence-corrected chi connectivity index (χ0v) is 11.9. The lowest BCUT2D eigenvalue weighted by Gasteiger charge is -2.04. The normalized spacial score (nSPS) is 9.95. The number of thioether (sulfide) groups is 1. The molecule has 2 nitrogen and oxygen atoms in total. The molecule has 2 aromatic rings. The summed E-state index contributed by atoms with van der Waals surface area (Å²) in [7, 11) is 0. The van der Waals surface area contributed by atoms with Gasteiger partial charge in [0.2, 0.25) is 0 Å². The highest BCUT2D eigenvalue weighted by atomic mass is 32.2. The summed E-state index contributed by atoms with van der Waals surface area (Å²) in [6.45, 7) is 0. The Hall–Kier alpha value is -2.05. The molecule has 0 spiro atoms. The van der Waals surface area contributed by atoms with Crippen LogP contribution in [0.4, 0.5) is 0 Å². The molecule has 0 amide bonds. The predicted octanol–water partition coefficient (Wildman–Crippen LogP) is 4.18. The van der Waals surface area contributed by atoms with E-state index in [0.29, 0.717) is 17.9 Å². The van der Waals surface area contributed by atoms with Gasteiger partial charge in [0.15, 0.2) is 5.78 Å². The SMILES string of the molecule is N#CCCSCC(=O)c1ccc(-c2ccccc2)cc1. The first kappa shape index (κ1) is 14.4. The molecule has 0 aliphatic heterocycles. The van der Waals surface area contributed by atoms with Gasteiger partial charge in [-0.05, 0) is 11.1 Å². The Balaban J connectivity index is 1.98. The molecule has 0 aliphatic rings. The van der Waals surface area contributed by atoms with Crippen LogP contribution in [-0.2, 0) is 0 Å². The van der Waals surface area contributed by atoms with Crippen molar-refractivity contribution >= 4 is 17.5 Å². The molecular weight excluding hydrogens is 266 g/mol. The van der Waals surface area contributed by atoms with E-state index >= 15 is 0 Å². The Morgan fingerprint density at radius 3 is 2.30 bits per heavy atom. The molecule has 0 fully saturated rings. The Morgan fingerprint density at radius 1 is 1.00 bits per heavy atom. The second-order valence-corrected chi connectivity index (χ2v) is 5.43. The van der Waals surface area contributed by atoms with Gasteiger partial charge in [-0.2, -0.15) is 17.0 Å². The highest BCUT2D eigenvalue weighted by Gasteiger charge is 2.06. The van der Waals surface area contributed by atoms with E-state index in [-0.39, 0.29) is 5.78 Å². The molecule has 2 aromatic carbocycles. The molecule has 0 saturated carbocycles. The number of benzene rings is 2. The van der Waals surface area contributed by atoms with Gasteiger partial charge in [0.25, 0.3) is 0 Å². The van der Waals surface area contributed by atoms with Gasteiger partial charge in [0, 0.05) is 17.7 Å². The van der Waals surface area contributed by atoms with Crippen molar-refractivity contribution in [3.63, 3.8) is 0 Å². The molecule has 0 unspecified atom stereocenters. The highest BCUT2D eigenvalue weighted by molar-refractivity contribution is 7.99. The monoisotopic (exact) mass is 281 g/mol. The van der Waals surface area contributed by atoms with Crippen LogP contribution in [-0.4, -0.2) is 17.3 Å². The van der Waals surface area contributed by atoms with Crippen LogP contribution in [0.25, 0.3) is 11.1 Å². The van der Waals surface area contributed by atoms with Crippen LogP contribution in [0.1, 0.15) is 16.8 Å². The number of hydrogen-bond acceptors (Lipinski definition) is 3. The summed E-state index contributed by atoms with van der Waals surface area (Å²) in [5.74, 6) is 1.27. The fourth-order valence-electron chi connectivity index (χ4n) is 1.85. The zero-order valence-electron chi connectivity index (χ0n) is 11.1. The van der Waals surface area contributed by atoms with Gasteiger partial charge >= 0.3 is 0 Å². The van der Waals surface area contributed by atoms with Crippen molar-refractivity contribution in [2.45, 2.75) is 6.42 Å². The molecule has 0 N–H and O–H groups in total. The lowest BCUT2D eigenvalue weighted by Crippen LogP contribution is -2.02. The number of carbonyl (C=O) groups excluding carboxylic acids is 1. The predicted molar refractivity (Wildman–Crippen MR) is 83.8 cm³/mol. The Kier molecular flexibility index (Phi) is 5.40. The molecule has 0 radical (unpaired) electrons. The van der Waals surface area contributed by atoms with E-state index in [4.69, 9.17) is 5.26 Å². The van der Waals surface area contributed by atoms with Crippen LogP contribution in [0.5, 0.6) is 0 Å². The van der Waals surface area contributed by atoms with Crippen molar-refractivity contribution in [2.24, 2.45) is 0 Å². The Bertz CT molecular complexity index is 599. The number of Topliss-reactive ketones (excluding diaryl/α,β-unsaturated/α-hetero) is 1. The van der Waals surface area contributed by atoms with Crippen molar-refractivity contribution < 1.29 is 4.79 Å². The van der Waals surface area contributed by atoms with E-state index < -0.39 is 0 Å². The fourth-order valence-corrected chi connectivity index (χ4v) is 2.58. The van der Waals surface area contributed by atoms with E-state index in [1.807, 2.05) is 42.5 Å².